The second-order valence-corrected chi connectivity index (χ2v) is 3.21. The summed E-state index contributed by atoms with van der Waals surface area (Å²) in [5, 5.41) is 0.170. The highest BCUT2D eigenvalue weighted by Crippen LogP contribution is 2.14. The van der Waals surface area contributed by atoms with Gasteiger partial charge in [-0.25, -0.2) is 0 Å². The first-order valence-electron chi connectivity index (χ1n) is 3.70. The highest BCUT2D eigenvalue weighted by atomic mass is 32.1. The monoisotopic (exact) mass is 201 g/mol. The summed E-state index contributed by atoms with van der Waals surface area (Å²) in [4.78, 5) is 10.7. The number of rotatable bonds is 0. The van der Waals surface area contributed by atoms with Gasteiger partial charge in [0.25, 0.3) is 0 Å². The van der Waals surface area contributed by atoms with E-state index < -0.39 is 6.68 Å². The molecule has 0 aromatic heterocycles. The third kappa shape index (κ3) is 6.52. The summed E-state index contributed by atoms with van der Waals surface area (Å²) in [5.74, 6) is 0.382. The number of hydrogen-bond donors (Lipinski definition) is 0. The van der Waals surface area contributed by atoms with Crippen molar-refractivity contribution in [1.82, 2.24) is 0 Å². The van der Waals surface area contributed by atoms with Crippen LogP contribution in [0.1, 0.15) is 25.7 Å². The van der Waals surface area contributed by atoms with Gasteiger partial charge in [-0.1, -0.05) is 0 Å². The molecule has 0 spiro atoms. The molecular formula is C7H12F3OS+. The first-order chi connectivity index (χ1) is 5.54. The maximum atomic E-state index is 10.7. The average molecular weight is 201 g/mol. The Labute approximate surface area is 74.7 Å². The van der Waals surface area contributed by atoms with Crippen molar-refractivity contribution in [2.75, 3.05) is 0 Å². The lowest BCUT2D eigenvalue weighted by atomic mass is 9.99. The van der Waals surface area contributed by atoms with Crippen LogP contribution in [0.4, 0.5) is 13.2 Å². The molecule has 0 aromatic carbocycles. The van der Waals surface area contributed by atoms with Gasteiger partial charge in [0.15, 0.2) is 11.0 Å². The van der Waals surface area contributed by atoms with Gasteiger partial charge in [0.05, 0.1) is 0 Å². The predicted molar refractivity (Wildman–Crippen MR) is 44.5 cm³/mol. The molecule has 72 valence electrons. The fraction of sp³-hybridized carbons (Fsp3) is 0.857. The van der Waals surface area contributed by atoms with Crippen LogP contribution < -0.4 is 0 Å². The summed E-state index contributed by atoms with van der Waals surface area (Å²) in [6.45, 7) is -3.67. The first-order valence-corrected chi connectivity index (χ1v) is 4.28. The molecule has 5 heteroatoms. The van der Waals surface area contributed by atoms with E-state index in [1.54, 1.807) is 0 Å². The van der Waals surface area contributed by atoms with Crippen LogP contribution in [-0.4, -0.2) is 17.7 Å². The molecular weight excluding hydrogens is 189 g/mol. The number of alkyl halides is 3. The normalized spacial score (nSPS) is 23.4. The molecule has 12 heavy (non-hydrogen) atoms. The van der Waals surface area contributed by atoms with E-state index in [1.165, 1.54) is 6.42 Å². The lowest BCUT2D eigenvalue weighted by Crippen LogP contribution is -2.21. The van der Waals surface area contributed by atoms with Crippen LogP contribution in [0, 0.1) is 0 Å². The minimum atomic E-state index is -3.67. The van der Waals surface area contributed by atoms with Gasteiger partial charge in [-0.2, -0.15) is 13.2 Å². The Morgan fingerprint density at radius 1 is 1.33 bits per heavy atom. The molecule has 1 nitrogen and oxygen atoms in total. The molecule has 1 aliphatic rings. The topological polar surface area (TPSA) is 17.1 Å². The van der Waals surface area contributed by atoms with E-state index in [9.17, 15) is 18.0 Å². The van der Waals surface area contributed by atoms with Gasteiger partial charge >= 0.3 is 6.68 Å². The molecule has 1 fully saturated rings. The molecule has 1 unspecified atom stereocenters. The van der Waals surface area contributed by atoms with E-state index in [0.29, 0.717) is 5.78 Å². The Kier molecular flexibility index (Phi) is 6.24. The number of Topliss-reactive ketones (excluding diaryl/α,β-unsaturated/α-hetero) is 1. The quantitative estimate of drug-likeness (QED) is 0.545. The van der Waals surface area contributed by atoms with Crippen molar-refractivity contribution in [2.45, 2.75) is 37.6 Å². The van der Waals surface area contributed by atoms with Crippen LogP contribution in [0.3, 0.4) is 0 Å². The van der Waals surface area contributed by atoms with E-state index in [-0.39, 0.29) is 5.25 Å². The van der Waals surface area contributed by atoms with Crippen molar-refractivity contribution in [3.63, 3.8) is 0 Å². The highest BCUT2D eigenvalue weighted by molar-refractivity contribution is 7.60. The molecule has 1 atom stereocenters. The van der Waals surface area contributed by atoms with Gasteiger partial charge in [0.2, 0.25) is 0 Å². The van der Waals surface area contributed by atoms with Gasteiger partial charge in [-0.3, -0.25) is 4.79 Å². The van der Waals surface area contributed by atoms with Crippen LogP contribution in [-0.2, 0) is 17.4 Å². The van der Waals surface area contributed by atoms with E-state index in [0.717, 1.165) is 19.3 Å². The predicted octanol–water partition coefficient (Wildman–Crippen LogP) is 1.69. The summed E-state index contributed by atoms with van der Waals surface area (Å²) >= 11 is 3.35. The van der Waals surface area contributed by atoms with Gasteiger partial charge in [0, 0.05) is 12.8 Å². The third-order valence-corrected chi connectivity index (χ3v) is 2.17. The fourth-order valence-corrected chi connectivity index (χ4v) is 1.33. The van der Waals surface area contributed by atoms with Gasteiger partial charge in [0.1, 0.15) is 0 Å². The Balaban J connectivity index is 0.000000261. The van der Waals surface area contributed by atoms with Crippen molar-refractivity contribution < 1.29 is 18.0 Å². The highest BCUT2D eigenvalue weighted by Gasteiger charge is 2.22. The van der Waals surface area contributed by atoms with Crippen LogP contribution in [0.25, 0.3) is 0 Å². The van der Waals surface area contributed by atoms with E-state index in [2.05, 4.69) is 12.6 Å². The number of carbonyl (C=O) groups is 1. The maximum absolute atomic E-state index is 10.7. The van der Waals surface area contributed by atoms with Gasteiger partial charge < -0.3 is 0 Å². The van der Waals surface area contributed by atoms with Crippen LogP contribution in [0.5, 0.6) is 0 Å². The second-order valence-electron chi connectivity index (χ2n) is 2.51. The Hall–Kier alpha value is -0.190. The Morgan fingerprint density at radius 2 is 1.83 bits per heavy atom. The Morgan fingerprint density at radius 3 is 2.08 bits per heavy atom. The fourth-order valence-electron chi connectivity index (χ4n) is 0.983. The molecule has 1 aliphatic carbocycles. The summed E-state index contributed by atoms with van der Waals surface area (Å²) in [7, 11) is 0. The molecule has 1 saturated carbocycles. The van der Waals surface area contributed by atoms with Crippen LogP contribution in [0.15, 0.2) is 0 Å². The van der Waals surface area contributed by atoms with Crippen molar-refractivity contribution >= 4 is 18.4 Å². The minimum absolute atomic E-state index is 0.170. The zero-order valence-electron chi connectivity index (χ0n) is 6.53. The van der Waals surface area contributed by atoms with E-state index in [1.807, 2.05) is 0 Å². The maximum Gasteiger partial charge on any atom is 0.379 e. The molecule has 0 amide bonds. The van der Waals surface area contributed by atoms with Crippen molar-refractivity contribution in [3.8, 4) is 0 Å². The van der Waals surface area contributed by atoms with Crippen LogP contribution in [0.2, 0.25) is 0 Å². The summed E-state index contributed by atoms with van der Waals surface area (Å²) in [5.41, 5.74) is 0. The molecule has 1 rings (SSSR count). The minimum Gasteiger partial charge on any atom is -0.294 e. The second kappa shape index (κ2) is 6.34. The van der Waals surface area contributed by atoms with Crippen LogP contribution >= 0.6 is 0 Å². The lowest BCUT2D eigenvalue weighted by Gasteiger charge is -2.09. The SMILES string of the molecule is FC(F)F.O=C1CCCCC1[SH2+]. The van der Waals surface area contributed by atoms with Crippen molar-refractivity contribution in [1.29, 1.82) is 0 Å². The zero-order valence-corrected chi connectivity index (χ0v) is 7.53. The average Bonchev–Trinajstić information content (AvgIpc) is 1.94. The first kappa shape index (κ1) is 11.8. The molecule has 0 saturated heterocycles. The molecule has 0 aromatic rings. The number of halogens is 3. The summed E-state index contributed by atoms with van der Waals surface area (Å²) < 4.78 is 29.0. The van der Waals surface area contributed by atoms with Gasteiger partial charge in [-0.15, -0.1) is 0 Å². The molecule has 0 heterocycles. The Bertz CT molecular complexity index is 138. The number of ketones is 1. The lowest BCUT2D eigenvalue weighted by molar-refractivity contribution is -0.119. The molecule has 0 radical (unpaired) electrons. The smallest absolute Gasteiger partial charge is 0.294 e. The van der Waals surface area contributed by atoms with E-state index in [4.69, 9.17) is 0 Å². The van der Waals surface area contributed by atoms with E-state index >= 15 is 0 Å². The molecule has 0 aliphatic heterocycles. The largest absolute Gasteiger partial charge is 0.379 e. The van der Waals surface area contributed by atoms with Gasteiger partial charge in [-0.05, 0) is 25.5 Å². The molecule has 0 bridgehead atoms. The number of carbonyl (C=O) groups excluding carboxylic acids is 1. The summed E-state index contributed by atoms with van der Waals surface area (Å²) in [6.07, 6.45) is 4.13. The van der Waals surface area contributed by atoms with Crippen molar-refractivity contribution in [2.24, 2.45) is 0 Å². The molecule has 0 N–H and O–H groups in total. The standard InChI is InChI=1S/C6H10OS.CHF3/c7-5-3-1-2-4-6(5)8;2-1(3)4/h6,8H,1-4H2;1H/p+1. The third-order valence-electron chi connectivity index (χ3n) is 1.55. The van der Waals surface area contributed by atoms with Crippen molar-refractivity contribution in [3.05, 3.63) is 0 Å². The number of hydrogen-bond acceptors (Lipinski definition) is 1. The zero-order chi connectivity index (χ0) is 9.56. The summed E-state index contributed by atoms with van der Waals surface area (Å²) in [6, 6.07) is 0.